The highest BCUT2D eigenvalue weighted by Gasteiger charge is 2.71. The minimum absolute atomic E-state index is 0.0577. The Morgan fingerprint density at radius 1 is 0.868 bits per heavy atom. The summed E-state index contributed by atoms with van der Waals surface area (Å²) in [6, 6.07) is 6.69. The van der Waals surface area contributed by atoms with Gasteiger partial charge in [-0.2, -0.15) is 0 Å². The van der Waals surface area contributed by atoms with Crippen LogP contribution in [-0.2, 0) is 14.4 Å². The zero-order valence-corrected chi connectivity index (χ0v) is 32.9. The third-order valence-electron chi connectivity index (χ3n) is 17.0. The SMILES string of the molecule is C=C(C)C1CCC2(C(=O)NCCC(=O)N3CCCC3C(=O)O)CCC3(C)C(CCC4C5(C)CC=C(c6ccc(C(=O)O)cc6)C(C)(C)C5CCC43C)C12. The number of aliphatic carboxylic acids is 1. The largest absolute Gasteiger partial charge is 0.480 e. The summed E-state index contributed by atoms with van der Waals surface area (Å²) in [6.07, 6.45) is 13.1. The molecule has 1 aromatic rings. The maximum Gasteiger partial charge on any atom is 0.335 e. The van der Waals surface area contributed by atoms with Gasteiger partial charge in [-0.1, -0.05) is 65.0 Å². The van der Waals surface area contributed by atoms with Crippen molar-refractivity contribution < 1.29 is 29.4 Å². The third kappa shape index (κ3) is 5.57. The summed E-state index contributed by atoms with van der Waals surface area (Å²) in [5.41, 5.74) is 3.78. The molecule has 288 valence electrons. The molecule has 1 aromatic carbocycles. The molecule has 0 radical (unpaired) electrons. The van der Waals surface area contributed by atoms with Crippen LogP contribution in [0.5, 0.6) is 0 Å². The zero-order valence-electron chi connectivity index (χ0n) is 32.9. The number of carbonyl (C=O) groups is 4. The highest BCUT2D eigenvalue weighted by Crippen LogP contribution is 2.77. The van der Waals surface area contributed by atoms with Gasteiger partial charge in [0.15, 0.2) is 0 Å². The van der Waals surface area contributed by atoms with E-state index in [9.17, 15) is 29.4 Å². The van der Waals surface area contributed by atoms with Gasteiger partial charge in [0.1, 0.15) is 6.04 Å². The molecule has 8 nitrogen and oxygen atoms in total. The second-order valence-corrected chi connectivity index (χ2v) is 19.4. The van der Waals surface area contributed by atoms with E-state index in [1.807, 2.05) is 12.1 Å². The molecule has 8 heteroatoms. The first kappa shape index (κ1) is 37.9. The van der Waals surface area contributed by atoms with E-state index in [2.05, 4.69) is 59.5 Å². The molecular weight excluding hydrogens is 665 g/mol. The molecule has 53 heavy (non-hydrogen) atoms. The predicted molar refractivity (Wildman–Crippen MR) is 206 cm³/mol. The van der Waals surface area contributed by atoms with Crippen molar-refractivity contribution in [2.45, 2.75) is 125 Å². The number of carboxylic acids is 2. The Balaban J connectivity index is 1.13. The van der Waals surface area contributed by atoms with E-state index in [0.29, 0.717) is 48.6 Å². The minimum atomic E-state index is -0.951. The van der Waals surface area contributed by atoms with Crippen LogP contribution in [0.3, 0.4) is 0 Å². The van der Waals surface area contributed by atoms with Crippen molar-refractivity contribution in [3.63, 3.8) is 0 Å². The molecule has 4 saturated carbocycles. The van der Waals surface area contributed by atoms with Crippen LogP contribution in [0.2, 0.25) is 0 Å². The lowest BCUT2D eigenvalue weighted by Gasteiger charge is -2.72. The van der Waals surface area contributed by atoms with Gasteiger partial charge in [-0.05, 0) is 152 Å². The Morgan fingerprint density at radius 2 is 1.58 bits per heavy atom. The van der Waals surface area contributed by atoms with Crippen LogP contribution < -0.4 is 5.32 Å². The number of amides is 2. The molecule has 0 aromatic heterocycles. The summed E-state index contributed by atoms with van der Waals surface area (Å²) in [5.74, 6) is 0.0319. The first-order valence-corrected chi connectivity index (χ1v) is 20.4. The third-order valence-corrected chi connectivity index (χ3v) is 17.0. The van der Waals surface area contributed by atoms with Gasteiger partial charge >= 0.3 is 11.9 Å². The summed E-state index contributed by atoms with van der Waals surface area (Å²) in [7, 11) is 0. The first-order chi connectivity index (χ1) is 24.9. The maximum absolute atomic E-state index is 14.5. The van der Waals surface area contributed by atoms with E-state index in [1.54, 1.807) is 12.1 Å². The second-order valence-electron chi connectivity index (χ2n) is 19.4. The topological polar surface area (TPSA) is 124 Å². The van der Waals surface area contributed by atoms with E-state index in [0.717, 1.165) is 56.9 Å². The van der Waals surface area contributed by atoms with E-state index in [4.69, 9.17) is 0 Å². The Kier molecular flexibility index (Phi) is 9.37. The molecule has 5 fully saturated rings. The Morgan fingerprint density at radius 3 is 2.25 bits per heavy atom. The van der Waals surface area contributed by atoms with E-state index in [-0.39, 0.29) is 52.4 Å². The van der Waals surface area contributed by atoms with Crippen molar-refractivity contribution in [1.29, 1.82) is 0 Å². The summed E-state index contributed by atoms with van der Waals surface area (Å²) < 4.78 is 0. The number of hydrogen-bond acceptors (Lipinski definition) is 4. The number of nitrogens with zero attached hydrogens (tertiary/aromatic N) is 1. The number of carboxylic acid groups (broad SMARTS) is 2. The van der Waals surface area contributed by atoms with E-state index >= 15 is 0 Å². The average molecular weight is 727 g/mol. The summed E-state index contributed by atoms with van der Waals surface area (Å²) in [4.78, 5) is 52.3. The summed E-state index contributed by atoms with van der Waals surface area (Å²) in [5, 5.41) is 22.3. The van der Waals surface area contributed by atoms with E-state index in [1.165, 1.54) is 22.5 Å². The molecule has 10 unspecified atom stereocenters. The van der Waals surface area contributed by atoms with Gasteiger partial charge in [-0.25, -0.2) is 9.59 Å². The molecule has 7 rings (SSSR count). The van der Waals surface area contributed by atoms with Gasteiger partial charge in [0.05, 0.1) is 11.0 Å². The fourth-order valence-electron chi connectivity index (χ4n) is 14.4. The lowest BCUT2D eigenvalue weighted by molar-refractivity contribution is -0.225. The second kappa shape index (κ2) is 13.1. The number of likely N-dealkylation sites (tertiary alicyclic amines) is 1. The number of aromatic carboxylic acids is 1. The standard InChI is InChI=1S/C45H62N2O6/c1-27(2)30-16-22-45(40(53)46-25-19-36(48)47-26-8-9-33(47)39(51)52)24-23-43(6)32(37(30)45)14-15-35-42(5)20-17-31(28-10-12-29(13-11-28)38(49)50)41(3,4)34(42)18-21-44(35,43)7/h10-13,17,30,32-35,37H,1,8-9,14-16,18-26H2,2-7H3,(H,46,53)(H,49,50)(H,51,52). The Labute approximate surface area is 316 Å². The van der Waals surface area contributed by atoms with Crippen molar-refractivity contribution in [2.75, 3.05) is 13.1 Å². The number of carbonyl (C=O) groups excluding carboxylic acids is 2. The predicted octanol–water partition coefficient (Wildman–Crippen LogP) is 8.62. The lowest BCUT2D eigenvalue weighted by atomic mass is 9.32. The normalized spacial score (nSPS) is 39.8. The van der Waals surface area contributed by atoms with Crippen LogP contribution >= 0.6 is 0 Å². The van der Waals surface area contributed by atoms with Crippen molar-refractivity contribution in [1.82, 2.24) is 10.2 Å². The fraction of sp³-hybridized carbons (Fsp3) is 0.689. The van der Waals surface area contributed by atoms with Gasteiger partial charge < -0.3 is 20.4 Å². The molecule has 1 aliphatic heterocycles. The monoisotopic (exact) mass is 726 g/mol. The van der Waals surface area contributed by atoms with Crippen LogP contribution in [-0.4, -0.2) is 58.0 Å². The van der Waals surface area contributed by atoms with Crippen molar-refractivity contribution in [2.24, 2.45) is 56.7 Å². The molecule has 2 amide bonds. The highest BCUT2D eigenvalue weighted by atomic mass is 16.4. The van der Waals surface area contributed by atoms with Gasteiger partial charge in [-0.3, -0.25) is 9.59 Å². The number of allylic oxidation sites excluding steroid dienone is 3. The van der Waals surface area contributed by atoms with E-state index < -0.39 is 23.4 Å². The van der Waals surface area contributed by atoms with Crippen LogP contribution in [0.25, 0.3) is 5.57 Å². The number of benzene rings is 1. The number of fused-ring (bicyclic) bond motifs is 7. The summed E-state index contributed by atoms with van der Waals surface area (Å²) in [6.45, 7) is 19.9. The van der Waals surface area contributed by atoms with Crippen LogP contribution in [0.4, 0.5) is 0 Å². The first-order valence-electron chi connectivity index (χ1n) is 20.4. The lowest BCUT2D eigenvalue weighted by Crippen LogP contribution is -2.66. The van der Waals surface area contributed by atoms with Crippen molar-refractivity contribution in [3.05, 3.63) is 53.6 Å². The minimum Gasteiger partial charge on any atom is -0.480 e. The highest BCUT2D eigenvalue weighted by molar-refractivity contribution is 5.88. The van der Waals surface area contributed by atoms with Crippen molar-refractivity contribution >= 4 is 29.3 Å². The van der Waals surface area contributed by atoms with Crippen LogP contribution in [0.1, 0.15) is 135 Å². The van der Waals surface area contributed by atoms with Gasteiger partial charge in [0.2, 0.25) is 11.8 Å². The van der Waals surface area contributed by atoms with Crippen molar-refractivity contribution in [3.8, 4) is 0 Å². The van der Waals surface area contributed by atoms with Gasteiger partial charge in [-0.15, -0.1) is 0 Å². The number of nitrogens with one attached hydrogen (secondary N) is 1. The molecule has 3 N–H and O–H groups in total. The smallest absolute Gasteiger partial charge is 0.335 e. The number of rotatable bonds is 8. The molecule has 0 bridgehead atoms. The summed E-state index contributed by atoms with van der Waals surface area (Å²) >= 11 is 0. The molecular formula is C45H62N2O6. The van der Waals surface area contributed by atoms with Gasteiger partial charge in [0.25, 0.3) is 0 Å². The Hall–Kier alpha value is -3.42. The quantitative estimate of drug-likeness (QED) is 0.231. The maximum atomic E-state index is 14.5. The van der Waals surface area contributed by atoms with Crippen LogP contribution in [0, 0.1) is 56.7 Å². The average Bonchev–Trinajstić information content (AvgIpc) is 3.75. The Bertz CT molecular complexity index is 1730. The van der Waals surface area contributed by atoms with Gasteiger partial charge in [0, 0.05) is 19.5 Å². The molecule has 5 aliphatic carbocycles. The zero-order chi connectivity index (χ0) is 38.3. The molecule has 1 saturated heterocycles. The number of hydrogen-bond donors (Lipinski definition) is 3. The fourth-order valence-corrected chi connectivity index (χ4v) is 14.4. The molecule has 0 spiro atoms. The molecule has 1 heterocycles. The van der Waals surface area contributed by atoms with Crippen LogP contribution in [0.15, 0.2) is 42.5 Å². The molecule has 6 aliphatic rings. The molecule has 10 atom stereocenters.